The van der Waals surface area contributed by atoms with E-state index in [0.717, 1.165) is 12.8 Å². The summed E-state index contributed by atoms with van der Waals surface area (Å²) < 4.78 is 3.20. The summed E-state index contributed by atoms with van der Waals surface area (Å²) in [5, 5.41) is 2.96. The van der Waals surface area contributed by atoms with Crippen LogP contribution >= 0.6 is 6.70 Å². The Morgan fingerprint density at radius 1 is 0.625 bits per heavy atom. The van der Waals surface area contributed by atoms with Crippen LogP contribution in [0.3, 0.4) is 0 Å². The Morgan fingerprint density at radius 3 is 1.46 bits per heavy atom. The first kappa shape index (κ1) is 15.8. The Labute approximate surface area is 149 Å². The summed E-state index contributed by atoms with van der Waals surface area (Å²) in [5.74, 6) is 0. The van der Waals surface area contributed by atoms with E-state index in [1.807, 2.05) is 0 Å². The Balaban J connectivity index is 1.83. The minimum absolute atomic E-state index is 0.0269. The van der Waals surface area contributed by atoms with E-state index in [2.05, 4.69) is 97.1 Å². The molecule has 0 N–H and O–H groups in total. The van der Waals surface area contributed by atoms with E-state index < -0.39 is 6.70 Å². The van der Waals surface area contributed by atoms with E-state index in [4.69, 9.17) is 0 Å². The van der Waals surface area contributed by atoms with Crippen LogP contribution < -0.4 is 10.6 Å². The van der Waals surface area contributed by atoms with Crippen molar-refractivity contribution >= 4 is 17.3 Å². The van der Waals surface area contributed by atoms with Gasteiger partial charge in [-0.3, -0.25) is 0 Å². The molecule has 123 valence electrons. The van der Waals surface area contributed by atoms with Crippen molar-refractivity contribution in [2.45, 2.75) is 12.8 Å². The van der Waals surface area contributed by atoms with E-state index in [0.29, 0.717) is 0 Å². The first-order valence-electron chi connectivity index (χ1n) is 8.16. The third-order valence-corrected chi connectivity index (χ3v) is 11.9. The zero-order chi connectivity index (χ0) is 16.2. The van der Waals surface area contributed by atoms with Gasteiger partial charge < -0.3 is 0 Å². The Bertz CT molecular complexity index is 746. The van der Waals surface area contributed by atoms with Crippen LogP contribution in [0.15, 0.2) is 106 Å². The molecule has 0 spiro atoms. The van der Waals surface area contributed by atoms with E-state index >= 15 is 0 Å². The maximum absolute atomic E-state index is 2.36. The second kappa shape index (κ2) is 7.48. The van der Waals surface area contributed by atoms with E-state index in [1.54, 1.807) is 9.09 Å². The van der Waals surface area contributed by atoms with Crippen LogP contribution in [0.1, 0.15) is 12.8 Å². The van der Waals surface area contributed by atoms with Gasteiger partial charge in [-0.2, -0.15) is 0 Å². The average molecular weight is 374 g/mol. The standard InChI is InChI=1S/C12H10P.2C5H5.Ni/c1-3-7-11(8-4-1)13-12-9-5-2-6-10-12;2*1-2-4-5-3-1;/h1-10H;2*1-3H,4H2;/q-1;;;+1. The summed E-state index contributed by atoms with van der Waals surface area (Å²) in [5.41, 5.74) is 0. The third kappa shape index (κ3) is 3.25. The van der Waals surface area contributed by atoms with Crippen LogP contribution in [0, 0.1) is 0 Å². The van der Waals surface area contributed by atoms with Gasteiger partial charge in [-0.15, -0.1) is 0 Å². The monoisotopic (exact) mass is 373 g/mol. The quantitative estimate of drug-likeness (QED) is 0.490. The fourth-order valence-electron chi connectivity index (χ4n) is 2.76. The second-order valence-electron chi connectivity index (χ2n) is 5.56. The van der Waals surface area contributed by atoms with Crippen molar-refractivity contribution in [3.63, 3.8) is 0 Å². The van der Waals surface area contributed by atoms with Crippen molar-refractivity contribution in [3.05, 3.63) is 106 Å². The van der Waals surface area contributed by atoms with Crippen molar-refractivity contribution in [1.82, 2.24) is 0 Å². The van der Waals surface area contributed by atoms with Gasteiger partial charge in [0.2, 0.25) is 0 Å². The Kier molecular flexibility index (Phi) is 4.93. The molecule has 2 heteroatoms. The zero-order valence-corrected chi connectivity index (χ0v) is 15.3. The summed E-state index contributed by atoms with van der Waals surface area (Å²) in [6.45, 7) is -0.411. The molecule has 0 aliphatic heterocycles. The summed E-state index contributed by atoms with van der Waals surface area (Å²) in [4.78, 5) is 0. The van der Waals surface area contributed by atoms with Crippen LogP contribution in [-0.4, -0.2) is 0 Å². The van der Waals surface area contributed by atoms with Crippen LogP contribution in [0.2, 0.25) is 0 Å². The summed E-state index contributed by atoms with van der Waals surface area (Å²) in [7, 11) is 0. The summed E-state index contributed by atoms with van der Waals surface area (Å²) >= 11 is -0.0269. The van der Waals surface area contributed by atoms with E-state index in [9.17, 15) is 0 Å². The van der Waals surface area contributed by atoms with Crippen LogP contribution in [0.4, 0.5) is 0 Å². The molecule has 0 atom stereocenters. The molecule has 2 aliphatic carbocycles. The van der Waals surface area contributed by atoms with Gasteiger partial charge >= 0.3 is 149 Å². The Hall–Kier alpha value is -1.68. The van der Waals surface area contributed by atoms with Crippen LogP contribution in [0.5, 0.6) is 0 Å². The number of rotatable bonds is 5. The number of benzene rings is 2. The molecule has 0 bridgehead atoms. The minimum atomic E-state index is -0.411. The van der Waals surface area contributed by atoms with Crippen molar-refractivity contribution in [3.8, 4) is 0 Å². The molecule has 0 amide bonds. The molecular formula is C22H20NiP. The maximum atomic E-state index is 2.36. The van der Waals surface area contributed by atoms with Gasteiger partial charge in [0, 0.05) is 0 Å². The van der Waals surface area contributed by atoms with Crippen molar-refractivity contribution in [2.24, 2.45) is 0 Å². The molecule has 0 heterocycles. The van der Waals surface area contributed by atoms with Crippen molar-refractivity contribution in [1.29, 1.82) is 0 Å². The van der Waals surface area contributed by atoms with E-state index in [1.165, 1.54) is 10.6 Å². The van der Waals surface area contributed by atoms with Gasteiger partial charge in [0.15, 0.2) is 0 Å². The molecule has 0 unspecified atom stereocenters. The fraction of sp³-hybridized carbons (Fsp3) is 0.0909. The van der Waals surface area contributed by atoms with Gasteiger partial charge in [0.05, 0.1) is 0 Å². The number of allylic oxidation sites excluding steroid dienone is 8. The van der Waals surface area contributed by atoms with E-state index in [-0.39, 0.29) is 13.0 Å². The van der Waals surface area contributed by atoms with Gasteiger partial charge in [0.25, 0.3) is 0 Å². The molecule has 0 radical (unpaired) electrons. The van der Waals surface area contributed by atoms with Gasteiger partial charge in [-0.1, -0.05) is 0 Å². The fourth-order valence-corrected chi connectivity index (χ4v) is 11.1. The van der Waals surface area contributed by atoms with Gasteiger partial charge in [-0.25, -0.2) is 0 Å². The predicted molar refractivity (Wildman–Crippen MR) is 103 cm³/mol. The average Bonchev–Trinajstić information content (AvgIpc) is 3.35. The van der Waals surface area contributed by atoms with Gasteiger partial charge in [0.1, 0.15) is 0 Å². The molecule has 0 nitrogen and oxygen atoms in total. The molecule has 0 fully saturated rings. The topological polar surface area (TPSA) is 0 Å². The molecule has 0 saturated heterocycles. The number of hydrogen-bond donors (Lipinski definition) is 0. The van der Waals surface area contributed by atoms with Gasteiger partial charge in [-0.05, 0) is 0 Å². The first-order chi connectivity index (χ1) is 11.9. The summed E-state index contributed by atoms with van der Waals surface area (Å²) in [6.07, 6.45) is 16.0. The summed E-state index contributed by atoms with van der Waals surface area (Å²) in [6, 6.07) is 22.2. The van der Waals surface area contributed by atoms with Crippen LogP contribution in [0.25, 0.3) is 0 Å². The number of hydrogen-bond acceptors (Lipinski definition) is 0. The van der Waals surface area contributed by atoms with Crippen molar-refractivity contribution < 1.29 is 13.0 Å². The first-order valence-corrected chi connectivity index (χ1v) is 11.7. The predicted octanol–water partition coefficient (Wildman–Crippen LogP) is 5.34. The third-order valence-electron chi connectivity index (χ3n) is 3.87. The molecule has 2 aromatic rings. The second-order valence-corrected chi connectivity index (χ2v) is 11.5. The SMILES string of the molecule is C1=CC[C]([Ni]([C]2=CC=CC2)[P](c2ccccc2)c2ccccc2)=C1. The zero-order valence-electron chi connectivity index (χ0n) is 13.4. The molecule has 2 aliphatic rings. The molecule has 0 aromatic heterocycles. The van der Waals surface area contributed by atoms with Crippen LogP contribution in [-0.2, 0) is 13.0 Å². The molecule has 4 rings (SSSR count). The molecular weight excluding hydrogens is 354 g/mol. The molecule has 0 saturated carbocycles. The normalized spacial score (nSPS) is 16.5. The Morgan fingerprint density at radius 2 is 1.08 bits per heavy atom. The molecule has 2 aromatic carbocycles. The molecule has 24 heavy (non-hydrogen) atoms. The van der Waals surface area contributed by atoms with Crippen molar-refractivity contribution in [2.75, 3.05) is 0 Å².